The SMILES string of the molecule is CCC(C)C(NC(=O)C(CCCN=C(N)N)NC(=O)C(N)Cc1ccc(O)cc1)C(=O)NC(C(=O)O)C(C)O. The molecule has 0 saturated heterocycles. The molecule has 0 saturated carbocycles. The number of aromatic hydroxyl groups is 1. The highest BCUT2D eigenvalue weighted by Gasteiger charge is 2.34. The fraction of sp³-hybridized carbons (Fsp3) is 0.560. The zero-order chi connectivity index (χ0) is 29.7. The quantitative estimate of drug-likeness (QED) is 0.0638. The Hall–Kier alpha value is -3.91. The fourth-order valence-corrected chi connectivity index (χ4v) is 3.62. The molecule has 0 heterocycles. The fourth-order valence-electron chi connectivity index (χ4n) is 3.62. The highest BCUT2D eigenvalue weighted by molar-refractivity contribution is 5.94. The van der Waals surface area contributed by atoms with Crippen molar-refractivity contribution in [1.82, 2.24) is 16.0 Å². The van der Waals surface area contributed by atoms with E-state index < -0.39 is 59.9 Å². The summed E-state index contributed by atoms with van der Waals surface area (Å²) in [7, 11) is 0. The van der Waals surface area contributed by atoms with Crippen LogP contribution in [0.1, 0.15) is 45.6 Å². The molecule has 1 aromatic carbocycles. The normalized spacial score (nSPS) is 15.5. The van der Waals surface area contributed by atoms with Gasteiger partial charge in [-0.15, -0.1) is 0 Å². The summed E-state index contributed by atoms with van der Waals surface area (Å²) < 4.78 is 0. The van der Waals surface area contributed by atoms with Crippen molar-refractivity contribution in [2.75, 3.05) is 6.54 Å². The summed E-state index contributed by atoms with van der Waals surface area (Å²) >= 11 is 0. The van der Waals surface area contributed by atoms with Crippen molar-refractivity contribution in [2.45, 2.75) is 76.7 Å². The zero-order valence-electron chi connectivity index (χ0n) is 22.5. The molecule has 6 atom stereocenters. The zero-order valence-corrected chi connectivity index (χ0v) is 22.5. The predicted octanol–water partition coefficient (Wildman–Crippen LogP) is -1.72. The topological polar surface area (TPSA) is 255 Å². The molecule has 1 rings (SSSR count). The van der Waals surface area contributed by atoms with Gasteiger partial charge in [-0.1, -0.05) is 32.4 Å². The Morgan fingerprint density at radius 1 is 0.949 bits per heavy atom. The van der Waals surface area contributed by atoms with Crippen LogP contribution >= 0.6 is 0 Å². The summed E-state index contributed by atoms with van der Waals surface area (Å²) in [4.78, 5) is 54.4. The third-order valence-electron chi connectivity index (χ3n) is 6.15. The van der Waals surface area contributed by atoms with Crippen LogP contribution in [0.3, 0.4) is 0 Å². The number of carboxylic acids is 1. The maximum Gasteiger partial charge on any atom is 0.328 e. The lowest BCUT2D eigenvalue weighted by atomic mass is 9.96. The molecular weight excluding hydrogens is 510 g/mol. The van der Waals surface area contributed by atoms with Crippen molar-refractivity contribution in [1.29, 1.82) is 0 Å². The Kier molecular flexibility index (Phi) is 13.7. The second-order valence-corrected chi connectivity index (χ2v) is 9.42. The molecule has 0 radical (unpaired) electrons. The lowest BCUT2D eigenvalue weighted by molar-refractivity contribution is -0.145. The summed E-state index contributed by atoms with van der Waals surface area (Å²) in [5, 5.41) is 35.9. The van der Waals surface area contributed by atoms with Crippen molar-refractivity contribution >= 4 is 29.7 Å². The molecule has 0 fully saturated rings. The Bertz CT molecular complexity index is 997. The second-order valence-electron chi connectivity index (χ2n) is 9.42. The Morgan fingerprint density at radius 2 is 1.54 bits per heavy atom. The van der Waals surface area contributed by atoms with Crippen molar-refractivity contribution < 1.29 is 34.5 Å². The van der Waals surface area contributed by atoms with Crippen molar-refractivity contribution in [3.05, 3.63) is 29.8 Å². The number of rotatable bonds is 16. The Balaban J connectivity index is 3.06. The molecule has 1 aromatic rings. The van der Waals surface area contributed by atoms with Gasteiger partial charge in [0.15, 0.2) is 12.0 Å². The van der Waals surface area contributed by atoms with Crippen LogP contribution in [0, 0.1) is 5.92 Å². The molecule has 39 heavy (non-hydrogen) atoms. The van der Waals surface area contributed by atoms with Crippen molar-refractivity contribution in [3.63, 3.8) is 0 Å². The van der Waals surface area contributed by atoms with E-state index in [1.165, 1.54) is 19.1 Å². The van der Waals surface area contributed by atoms with Crippen LogP contribution < -0.4 is 33.2 Å². The van der Waals surface area contributed by atoms with Gasteiger partial charge in [-0.25, -0.2) is 4.79 Å². The number of hydrogen-bond donors (Lipinski definition) is 9. The van der Waals surface area contributed by atoms with Gasteiger partial charge in [0.1, 0.15) is 17.8 Å². The van der Waals surface area contributed by atoms with E-state index in [2.05, 4.69) is 20.9 Å². The van der Waals surface area contributed by atoms with Crippen molar-refractivity contribution in [3.8, 4) is 5.75 Å². The van der Waals surface area contributed by atoms with Crippen LogP contribution in [0.15, 0.2) is 29.3 Å². The molecule has 0 aliphatic carbocycles. The smallest absolute Gasteiger partial charge is 0.328 e. The number of aliphatic hydroxyl groups is 1. The number of amides is 3. The van der Waals surface area contributed by atoms with E-state index in [1.807, 2.05) is 0 Å². The number of aliphatic hydroxyl groups excluding tert-OH is 1. The van der Waals surface area contributed by atoms with E-state index in [4.69, 9.17) is 17.2 Å². The minimum atomic E-state index is -1.58. The van der Waals surface area contributed by atoms with Crippen LogP contribution in [-0.4, -0.2) is 81.8 Å². The maximum absolute atomic E-state index is 13.3. The average Bonchev–Trinajstić information content (AvgIpc) is 2.87. The van der Waals surface area contributed by atoms with Crippen LogP contribution in [0.2, 0.25) is 0 Å². The van der Waals surface area contributed by atoms with Gasteiger partial charge in [-0.3, -0.25) is 19.4 Å². The van der Waals surface area contributed by atoms with E-state index in [0.29, 0.717) is 18.4 Å². The predicted molar refractivity (Wildman–Crippen MR) is 144 cm³/mol. The Labute approximate surface area is 227 Å². The molecule has 0 aliphatic rings. The van der Waals surface area contributed by atoms with Gasteiger partial charge in [0.05, 0.1) is 12.1 Å². The molecule has 14 nitrogen and oxygen atoms in total. The first-order chi connectivity index (χ1) is 18.3. The molecule has 0 aliphatic heterocycles. The number of carbonyl (C=O) groups excluding carboxylic acids is 3. The third-order valence-corrected chi connectivity index (χ3v) is 6.15. The number of benzene rings is 1. The van der Waals surface area contributed by atoms with Crippen LogP contribution in [0.5, 0.6) is 5.75 Å². The lowest BCUT2D eigenvalue weighted by Crippen LogP contribution is -2.59. The van der Waals surface area contributed by atoms with E-state index >= 15 is 0 Å². The van der Waals surface area contributed by atoms with Gasteiger partial charge in [-0.05, 0) is 49.8 Å². The van der Waals surface area contributed by atoms with Gasteiger partial charge in [0.2, 0.25) is 17.7 Å². The van der Waals surface area contributed by atoms with Gasteiger partial charge in [0, 0.05) is 6.54 Å². The number of aliphatic carboxylic acids is 1. The molecule has 12 N–H and O–H groups in total. The van der Waals surface area contributed by atoms with Gasteiger partial charge in [-0.2, -0.15) is 0 Å². The summed E-state index contributed by atoms with van der Waals surface area (Å²) in [5.41, 5.74) is 17.4. The molecule has 218 valence electrons. The first-order valence-corrected chi connectivity index (χ1v) is 12.7. The van der Waals surface area contributed by atoms with Crippen molar-refractivity contribution in [2.24, 2.45) is 28.1 Å². The minimum absolute atomic E-state index is 0.0669. The molecule has 6 unspecified atom stereocenters. The van der Waals surface area contributed by atoms with Gasteiger partial charge in [0.25, 0.3) is 0 Å². The van der Waals surface area contributed by atoms with E-state index in [-0.39, 0.29) is 31.1 Å². The average molecular weight is 552 g/mol. The number of nitrogens with one attached hydrogen (secondary N) is 3. The number of nitrogens with zero attached hydrogens (tertiary/aromatic N) is 1. The summed E-state index contributed by atoms with van der Waals surface area (Å²) in [6, 6.07) is 1.32. The number of carboxylic acid groups (broad SMARTS) is 1. The molecule has 0 bridgehead atoms. The summed E-state index contributed by atoms with van der Waals surface area (Å²) in [5.74, 6) is -4.00. The molecule has 3 amide bonds. The number of nitrogens with two attached hydrogens (primary N) is 3. The molecule has 14 heteroatoms. The first-order valence-electron chi connectivity index (χ1n) is 12.7. The monoisotopic (exact) mass is 551 g/mol. The van der Waals surface area contributed by atoms with Crippen LogP contribution in [0.4, 0.5) is 0 Å². The summed E-state index contributed by atoms with van der Waals surface area (Å²) in [6.07, 6.45) is -0.350. The van der Waals surface area contributed by atoms with E-state index in [0.717, 1.165) is 0 Å². The number of guanidine groups is 1. The van der Waals surface area contributed by atoms with Gasteiger partial charge < -0.3 is 48.5 Å². The number of aliphatic imine (C=N–C) groups is 1. The standard InChI is InChI=1S/C25H41N7O7/c1-4-13(2)19(23(37)32-20(14(3)33)24(38)39)31-22(36)18(6-5-11-29-25(27)28)30-21(35)17(26)12-15-7-9-16(34)10-8-15/h7-10,13-14,17-20,33-34H,4-6,11-12,26H2,1-3H3,(H,30,35)(H,31,36)(H,32,37)(H,38,39)(H4,27,28,29). The highest BCUT2D eigenvalue weighted by atomic mass is 16.4. The van der Waals surface area contributed by atoms with Crippen LogP contribution in [0.25, 0.3) is 0 Å². The minimum Gasteiger partial charge on any atom is -0.508 e. The highest BCUT2D eigenvalue weighted by Crippen LogP contribution is 2.12. The summed E-state index contributed by atoms with van der Waals surface area (Å²) in [6.45, 7) is 4.89. The van der Waals surface area contributed by atoms with E-state index in [9.17, 15) is 34.5 Å². The van der Waals surface area contributed by atoms with Gasteiger partial charge >= 0.3 is 5.97 Å². The molecule has 0 spiro atoms. The molecular formula is C25H41N7O7. The number of phenolic OH excluding ortho intramolecular Hbond substituents is 1. The largest absolute Gasteiger partial charge is 0.508 e. The lowest BCUT2D eigenvalue weighted by Gasteiger charge is -2.28. The van der Waals surface area contributed by atoms with Crippen LogP contribution in [-0.2, 0) is 25.6 Å². The number of hydrogen-bond acceptors (Lipinski definition) is 8. The Morgan fingerprint density at radius 3 is 2.05 bits per heavy atom. The third kappa shape index (κ3) is 11.6. The molecule has 0 aromatic heterocycles. The van der Waals surface area contributed by atoms with E-state index in [1.54, 1.807) is 26.0 Å². The maximum atomic E-state index is 13.3. The first kappa shape index (κ1) is 33.1. The second kappa shape index (κ2) is 16.1. The number of carbonyl (C=O) groups is 4. The number of phenols is 1.